The molecule has 0 heterocycles. The van der Waals surface area contributed by atoms with E-state index >= 15 is 0 Å². The van der Waals surface area contributed by atoms with Gasteiger partial charge in [-0.05, 0) is 12.8 Å². The number of rotatable bonds is 8. The van der Waals surface area contributed by atoms with Crippen molar-refractivity contribution in [2.24, 2.45) is 0 Å². The third-order valence-electron chi connectivity index (χ3n) is 1.25. The first-order valence-corrected chi connectivity index (χ1v) is 3.92. The summed E-state index contributed by atoms with van der Waals surface area (Å²) in [6.45, 7) is 2.16. The predicted molar refractivity (Wildman–Crippen MR) is 42.6 cm³/mol. The van der Waals surface area contributed by atoms with Gasteiger partial charge in [-0.2, -0.15) is 0 Å². The van der Waals surface area contributed by atoms with Crippen molar-refractivity contribution < 1.29 is 14.3 Å². The number of ether oxygens (including phenoxy) is 2. The minimum atomic E-state index is 0.601. The van der Waals surface area contributed by atoms with E-state index in [1.807, 2.05) is 0 Å². The van der Waals surface area contributed by atoms with Crippen molar-refractivity contribution >= 4 is 6.29 Å². The maximum Gasteiger partial charge on any atom is 0.120 e. The maximum atomic E-state index is 9.86. The summed E-state index contributed by atoms with van der Waals surface area (Å²) in [5.41, 5.74) is 0. The zero-order valence-electron chi connectivity index (χ0n) is 7.04. The fourth-order valence-corrected chi connectivity index (χ4v) is 0.676. The molecule has 0 fully saturated rings. The van der Waals surface area contributed by atoms with Gasteiger partial charge in [-0.15, -0.1) is 0 Å². The maximum absolute atomic E-state index is 9.86. The molecule has 3 nitrogen and oxygen atoms in total. The van der Waals surface area contributed by atoms with E-state index in [1.165, 1.54) is 0 Å². The van der Waals surface area contributed by atoms with Crippen LogP contribution in [0.15, 0.2) is 0 Å². The van der Waals surface area contributed by atoms with E-state index in [0.717, 1.165) is 32.3 Å². The molecule has 0 bridgehead atoms. The van der Waals surface area contributed by atoms with Gasteiger partial charge in [0.25, 0.3) is 0 Å². The van der Waals surface area contributed by atoms with Crippen molar-refractivity contribution in [2.75, 3.05) is 26.9 Å². The Morgan fingerprint density at radius 1 is 1.18 bits per heavy atom. The standard InChI is InChI=1S/C8H16O3/c1-10-6-4-8-11-7-3-2-5-9/h5H,2-4,6-8H2,1H3. The molecule has 0 amide bonds. The van der Waals surface area contributed by atoms with Crippen LogP contribution in [0.3, 0.4) is 0 Å². The first kappa shape index (κ1) is 10.6. The summed E-state index contributed by atoms with van der Waals surface area (Å²) >= 11 is 0. The molecule has 0 aliphatic heterocycles. The van der Waals surface area contributed by atoms with Gasteiger partial charge in [0.1, 0.15) is 6.29 Å². The molecule has 66 valence electrons. The minimum absolute atomic E-state index is 0.601. The average Bonchev–Trinajstić information content (AvgIpc) is 2.03. The number of methoxy groups -OCH3 is 1. The average molecular weight is 160 g/mol. The van der Waals surface area contributed by atoms with E-state index in [4.69, 9.17) is 9.47 Å². The van der Waals surface area contributed by atoms with Crippen molar-refractivity contribution in [1.82, 2.24) is 0 Å². The zero-order chi connectivity index (χ0) is 8.36. The fourth-order valence-electron chi connectivity index (χ4n) is 0.676. The molecule has 0 radical (unpaired) electrons. The van der Waals surface area contributed by atoms with Crippen LogP contribution in [0, 0.1) is 0 Å². The van der Waals surface area contributed by atoms with E-state index < -0.39 is 0 Å². The third kappa shape index (κ3) is 9.59. The van der Waals surface area contributed by atoms with Crippen LogP contribution in [0.4, 0.5) is 0 Å². The van der Waals surface area contributed by atoms with Gasteiger partial charge in [0.2, 0.25) is 0 Å². The highest BCUT2D eigenvalue weighted by molar-refractivity contribution is 5.48. The van der Waals surface area contributed by atoms with Crippen LogP contribution in [0.5, 0.6) is 0 Å². The van der Waals surface area contributed by atoms with Gasteiger partial charge in [-0.25, -0.2) is 0 Å². The van der Waals surface area contributed by atoms with Crippen LogP contribution in [0.1, 0.15) is 19.3 Å². The van der Waals surface area contributed by atoms with E-state index in [9.17, 15) is 4.79 Å². The van der Waals surface area contributed by atoms with Gasteiger partial charge in [0.15, 0.2) is 0 Å². The number of carbonyl (C=O) groups excluding carboxylic acids is 1. The van der Waals surface area contributed by atoms with Crippen molar-refractivity contribution in [2.45, 2.75) is 19.3 Å². The van der Waals surface area contributed by atoms with Crippen molar-refractivity contribution in [3.8, 4) is 0 Å². The number of hydrogen-bond acceptors (Lipinski definition) is 3. The smallest absolute Gasteiger partial charge is 0.120 e. The van der Waals surface area contributed by atoms with Crippen LogP contribution in [-0.2, 0) is 14.3 Å². The van der Waals surface area contributed by atoms with E-state index in [0.29, 0.717) is 13.0 Å². The Labute approximate surface area is 67.7 Å². The Morgan fingerprint density at radius 2 is 1.91 bits per heavy atom. The van der Waals surface area contributed by atoms with Crippen LogP contribution < -0.4 is 0 Å². The predicted octanol–water partition coefficient (Wildman–Crippen LogP) is 1.02. The molecule has 0 unspecified atom stereocenters. The summed E-state index contributed by atoms with van der Waals surface area (Å²) in [4.78, 5) is 9.86. The molecule has 0 aliphatic rings. The second kappa shape index (κ2) is 9.59. The second-order valence-electron chi connectivity index (χ2n) is 2.27. The van der Waals surface area contributed by atoms with Crippen molar-refractivity contribution in [1.29, 1.82) is 0 Å². The molecule has 0 aliphatic carbocycles. The molecule has 0 aromatic rings. The molecule has 0 saturated carbocycles. The highest BCUT2D eigenvalue weighted by Crippen LogP contribution is 1.88. The SMILES string of the molecule is COCCCOCCCC=O. The third-order valence-corrected chi connectivity index (χ3v) is 1.25. The van der Waals surface area contributed by atoms with Crippen LogP contribution in [0.2, 0.25) is 0 Å². The summed E-state index contributed by atoms with van der Waals surface area (Å²) in [6, 6.07) is 0. The molecule has 0 spiro atoms. The van der Waals surface area contributed by atoms with E-state index in [-0.39, 0.29) is 0 Å². The Kier molecular flexibility index (Phi) is 9.23. The number of carbonyl (C=O) groups is 1. The number of unbranched alkanes of at least 4 members (excludes halogenated alkanes) is 1. The lowest BCUT2D eigenvalue weighted by Crippen LogP contribution is -2.00. The van der Waals surface area contributed by atoms with Gasteiger partial charge < -0.3 is 14.3 Å². The molecular formula is C8H16O3. The molecule has 11 heavy (non-hydrogen) atoms. The van der Waals surface area contributed by atoms with Crippen molar-refractivity contribution in [3.63, 3.8) is 0 Å². The normalized spacial score (nSPS) is 9.91. The molecule has 0 saturated heterocycles. The molecule has 0 aromatic heterocycles. The summed E-state index contributed by atoms with van der Waals surface area (Å²) in [5, 5.41) is 0. The molecule has 0 rings (SSSR count). The monoisotopic (exact) mass is 160 g/mol. The summed E-state index contributed by atoms with van der Waals surface area (Å²) in [7, 11) is 1.67. The zero-order valence-corrected chi connectivity index (χ0v) is 7.04. The van der Waals surface area contributed by atoms with Crippen LogP contribution in [-0.4, -0.2) is 33.2 Å². The topological polar surface area (TPSA) is 35.5 Å². The lowest BCUT2D eigenvalue weighted by molar-refractivity contribution is -0.108. The largest absolute Gasteiger partial charge is 0.385 e. The minimum Gasteiger partial charge on any atom is -0.385 e. The molecule has 0 N–H and O–H groups in total. The molecular weight excluding hydrogens is 144 g/mol. The number of hydrogen-bond donors (Lipinski definition) is 0. The van der Waals surface area contributed by atoms with Crippen LogP contribution in [0.25, 0.3) is 0 Å². The Balaban J connectivity index is 2.74. The van der Waals surface area contributed by atoms with Gasteiger partial charge in [0.05, 0.1) is 0 Å². The lowest BCUT2D eigenvalue weighted by atomic mass is 10.3. The summed E-state index contributed by atoms with van der Waals surface area (Å²) in [6.07, 6.45) is 3.27. The van der Waals surface area contributed by atoms with E-state index in [1.54, 1.807) is 7.11 Å². The van der Waals surface area contributed by atoms with E-state index in [2.05, 4.69) is 0 Å². The molecule has 3 heteroatoms. The highest BCUT2D eigenvalue weighted by Gasteiger charge is 1.88. The lowest BCUT2D eigenvalue weighted by Gasteiger charge is -2.01. The van der Waals surface area contributed by atoms with Gasteiger partial charge in [-0.3, -0.25) is 0 Å². The summed E-state index contributed by atoms with van der Waals surface area (Å²) in [5.74, 6) is 0. The quantitative estimate of drug-likeness (QED) is 0.393. The summed E-state index contributed by atoms with van der Waals surface area (Å²) < 4.78 is 10.0. The van der Waals surface area contributed by atoms with Gasteiger partial charge in [-0.1, -0.05) is 0 Å². The van der Waals surface area contributed by atoms with Crippen LogP contribution >= 0.6 is 0 Å². The number of aldehydes is 1. The molecule has 0 aromatic carbocycles. The highest BCUT2D eigenvalue weighted by atomic mass is 16.5. The Hall–Kier alpha value is -0.410. The second-order valence-corrected chi connectivity index (χ2v) is 2.27. The van der Waals surface area contributed by atoms with Gasteiger partial charge >= 0.3 is 0 Å². The van der Waals surface area contributed by atoms with Crippen molar-refractivity contribution in [3.05, 3.63) is 0 Å². The first-order valence-electron chi connectivity index (χ1n) is 3.92. The van der Waals surface area contributed by atoms with Gasteiger partial charge in [0, 0.05) is 33.4 Å². The first-order chi connectivity index (χ1) is 5.41. The molecule has 0 atom stereocenters. The Bertz CT molecular complexity index is 83.4. The Morgan fingerprint density at radius 3 is 2.55 bits per heavy atom. The fraction of sp³-hybridized carbons (Fsp3) is 0.875.